The van der Waals surface area contributed by atoms with Crippen LogP contribution in [0.3, 0.4) is 0 Å². The molecule has 0 unspecified atom stereocenters. The molecule has 0 aliphatic heterocycles. The maximum absolute atomic E-state index is 6.25. The second-order valence-corrected chi connectivity index (χ2v) is 5.05. The van der Waals surface area contributed by atoms with Crippen LogP contribution in [0, 0.1) is 0 Å². The maximum Gasteiger partial charge on any atom is 0.0670 e. The molecule has 0 bridgehead atoms. The predicted molar refractivity (Wildman–Crippen MR) is 76.5 cm³/mol. The Morgan fingerprint density at radius 3 is 2.24 bits per heavy atom. The summed E-state index contributed by atoms with van der Waals surface area (Å²) in [5.41, 5.74) is 0. The van der Waals surface area contributed by atoms with Crippen molar-refractivity contribution in [3.63, 3.8) is 0 Å². The van der Waals surface area contributed by atoms with E-state index in [0.29, 0.717) is 10.0 Å². The first-order valence-corrected chi connectivity index (χ1v) is 6.27. The fourth-order valence-corrected chi connectivity index (χ4v) is 2.76. The number of benzene rings is 3. The highest BCUT2D eigenvalue weighted by atomic mass is 35.5. The van der Waals surface area contributed by atoms with Gasteiger partial charge >= 0.3 is 0 Å². The first-order chi connectivity index (χ1) is 8.18. The second-order valence-electron chi connectivity index (χ2n) is 3.86. The van der Waals surface area contributed by atoms with Crippen LogP contribution in [-0.4, -0.2) is 0 Å². The maximum atomic E-state index is 6.25. The number of hydrogen-bond donors (Lipinski definition) is 0. The first kappa shape index (κ1) is 11.2. The van der Waals surface area contributed by atoms with Crippen molar-refractivity contribution < 1.29 is 0 Å². The van der Waals surface area contributed by atoms with E-state index < -0.39 is 0 Å². The zero-order valence-electron chi connectivity index (χ0n) is 8.68. The van der Waals surface area contributed by atoms with E-state index in [0.717, 1.165) is 26.6 Å². The van der Waals surface area contributed by atoms with E-state index >= 15 is 0 Å². The minimum atomic E-state index is 0.561. The Balaban J connectivity index is 2.61. The highest BCUT2D eigenvalue weighted by Crippen LogP contribution is 2.37. The van der Waals surface area contributed by atoms with Gasteiger partial charge in [0, 0.05) is 15.8 Å². The Morgan fingerprint density at radius 2 is 1.41 bits per heavy atom. The zero-order valence-corrected chi connectivity index (χ0v) is 10.9. The molecule has 0 aliphatic carbocycles. The Labute approximate surface area is 114 Å². The van der Waals surface area contributed by atoms with E-state index in [1.165, 1.54) is 0 Å². The normalized spacial score (nSPS) is 11.2. The summed E-state index contributed by atoms with van der Waals surface area (Å²) < 4.78 is 0. The lowest BCUT2D eigenvalue weighted by Gasteiger charge is -2.08. The Morgan fingerprint density at radius 1 is 0.647 bits per heavy atom. The average molecular weight is 282 g/mol. The van der Waals surface area contributed by atoms with Crippen LogP contribution in [0.4, 0.5) is 0 Å². The van der Waals surface area contributed by atoms with Crippen molar-refractivity contribution in [3.8, 4) is 0 Å². The molecule has 17 heavy (non-hydrogen) atoms. The van der Waals surface area contributed by atoms with Crippen molar-refractivity contribution in [2.24, 2.45) is 0 Å². The van der Waals surface area contributed by atoms with Gasteiger partial charge in [-0.25, -0.2) is 0 Å². The summed E-state index contributed by atoms with van der Waals surface area (Å²) in [5.74, 6) is 0. The fourth-order valence-electron chi connectivity index (χ4n) is 2.08. The average Bonchev–Trinajstić information content (AvgIpc) is 2.33. The second kappa shape index (κ2) is 4.06. The van der Waals surface area contributed by atoms with E-state index in [1.807, 2.05) is 36.4 Å². The van der Waals surface area contributed by atoms with Gasteiger partial charge in [0.25, 0.3) is 0 Å². The van der Waals surface area contributed by atoms with Crippen LogP contribution in [0.1, 0.15) is 0 Å². The van der Waals surface area contributed by atoms with Crippen LogP contribution in [0.2, 0.25) is 15.1 Å². The molecule has 0 heterocycles. The van der Waals surface area contributed by atoms with E-state index in [2.05, 4.69) is 0 Å². The van der Waals surface area contributed by atoms with Gasteiger partial charge in [-0.3, -0.25) is 0 Å². The summed E-state index contributed by atoms with van der Waals surface area (Å²) >= 11 is 18.5. The van der Waals surface area contributed by atoms with Gasteiger partial charge in [-0.05, 0) is 22.9 Å². The molecule has 3 aromatic rings. The smallest absolute Gasteiger partial charge is 0.0670 e. The summed E-state index contributed by atoms with van der Waals surface area (Å²) in [5, 5.41) is 5.94. The zero-order chi connectivity index (χ0) is 12.0. The molecule has 3 rings (SSSR count). The lowest BCUT2D eigenvalue weighted by atomic mass is 10.0. The SMILES string of the molecule is Clc1ccc2c(ccc3cccc(Cl)c32)c1Cl. The van der Waals surface area contributed by atoms with Gasteiger partial charge in [0.15, 0.2) is 0 Å². The van der Waals surface area contributed by atoms with E-state index in [1.54, 1.807) is 6.07 Å². The van der Waals surface area contributed by atoms with Gasteiger partial charge in [-0.1, -0.05) is 65.1 Å². The lowest BCUT2D eigenvalue weighted by molar-refractivity contribution is 1.76. The third-order valence-corrected chi connectivity index (χ3v) is 4.01. The van der Waals surface area contributed by atoms with Crippen molar-refractivity contribution in [1.82, 2.24) is 0 Å². The van der Waals surface area contributed by atoms with E-state index in [9.17, 15) is 0 Å². The minimum Gasteiger partial charge on any atom is -0.0836 e. The van der Waals surface area contributed by atoms with Gasteiger partial charge < -0.3 is 0 Å². The van der Waals surface area contributed by atoms with Crippen molar-refractivity contribution in [2.75, 3.05) is 0 Å². The summed E-state index contributed by atoms with van der Waals surface area (Å²) in [6, 6.07) is 13.6. The lowest BCUT2D eigenvalue weighted by Crippen LogP contribution is -1.80. The quantitative estimate of drug-likeness (QED) is 0.446. The third kappa shape index (κ3) is 1.68. The predicted octanol–water partition coefficient (Wildman–Crippen LogP) is 5.95. The molecule has 0 fully saturated rings. The number of fused-ring (bicyclic) bond motifs is 3. The molecule has 0 saturated carbocycles. The van der Waals surface area contributed by atoms with Crippen LogP contribution >= 0.6 is 34.8 Å². The fraction of sp³-hybridized carbons (Fsp3) is 0. The topological polar surface area (TPSA) is 0 Å². The van der Waals surface area contributed by atoms with E-state index in [-0.39, 0.29) is 0 Å². The van der Waals surface area contributed by atoms with Crippen LogP contribution in [0.5, 0.6) is 0 Å². The van der Waals surface area contributed by atoms with Crippen LogP contribution in [0.25, 0.3) is 21.5 Å². The first-order valence-electron chi connectivity index (χ1n) is 5.13. The standard InChI is InChI=1S/C14H7Cl3/c15-11-3-1-2-8-4-5-10-9(13(8)11)6-7-12(16)14(10)17/h1-7H. The molecule has 0 nitrogen and oxygen atoms in total. The summed E-state index contributed by atoms with van der Waals surface area (Å²) in [6.07, 6.45) is 0. The van der Waals surface area contributed by atoms with Crippen molar-refractivity contribution in [2.45, 2.75) is 0 Å². The number of halogens is 3. The van der Waals surface area contributed by atoms with Crippen LogP contribution in [-0.2, 0) is 0 Å². The largest absolute Gasteiger partial charge is 0.0836 e. The molecule has 0 saturated heterocycles. The van der Waals surface area contributed by atoms with Crippen LogP contribution in [0.15, 0.2) is 42.5 Å². The van der Waals surface area contributed by atoms with Crippen molar-refractivity contribution >= 4 is 56.3 Å². The van der Waals surface area contributed by atoms with Crippen molar-refractivity contribution in [1.29, 1.82) is 0 Å². The van der Waals surface area contributed by atoms with Gasteiger partial charge in [0.1, 0.15) is 0 Å². The summed E-state index contributed by atoms with van der Waals surface area (Å²) in [7, 11) is 0. The third-order valence-electron chi connectivity index (χ3n) is 2.88. The highest BCUT2D eigenvalue weighted by molar-refractivity contribution is 6.46. The van der Waals surface area contributed by atoms with E-state index in [4.69, 9.17) is 34.8 Å². The molecule has 0 atom stereocenters. The molecule has 0 N–H and O–H groups in total. The van der Waals surface area contributed by atoms with Crippen molar-refractivity contribution in [3.05, 3.63) is 57.5 Å². The van der Waals surface area contributed by atoms with Gasteiger partial charge in [-0.15, -0.1) is 0 Å². The van der Waals surface area contributed by atoms with Gasteiger partial charge in [0.05, 0.1) is 10.0 Å². The summed E-state index contributed by atoms with van der Waals surface area (Å²) in [4.78, 5) is 0. The minimum absolute atomic E-state index is 0.561. The molecule has 3 aromatic carbocycles. The Hall–Kier alpha value is -0.950. The molecule has 3 heteroatoms. The summed E-state index contributed by atoms with van der Waals surface area (Å²) in [6.45, 7) is 0. The van der Waals surface area contributed by atoms with Crippen LogP contribution < -0.4 is 0 Å². The number of rotatable bonds is 0. The van der Waals surface area contributed by atoms with Gasteiger partial charge in [0.2, 0.25) is 0 Å². The molecule has 0 radical (unpaired) electrons. The highest BCUT2D eigenvalue weighted by Gasteiger charge is 2.08. The Kier molecular flexibility index (Phi) is 2.67. The molecule has 0 aliphatic rings. The molecular formula is C14H7Cl3. The molecule has 84 valence electrons. The molecule has 0 spiro atoms. The Bertz CT molecular complexity index is 732. The molecular weight excluding hydrogens is 275 g/mol. The monoisotopic (exact) mass is 280 g/mol. The molecule has 0 aromatic heterocycles. The van der Waals surface area contributed by atoms with Gasteiger partial charge in [-0.2, -0.15) is 0 Å². The number of hydrogen-bond acceptors (Lipinski definition) is 0. The molecule has 0 amide bonds.